The number of anilines is 1. The maximum absolute atomic E-state index is 12.8. The Morgan fingerprint density at radius 1 is 0.912 bits per heavy atom. The van der Waals surface area contributed by atoms with E-state index in [1.807, 2.05) is 0 Å². The summed E-state index contributed by atoms with van der Waals surface area (Å²) in [5.41, 5.74) is 1.27. The van der Waals surface area contributed by atoms with Crippen LogP contribution in [0.3, 0.4) is 0 Å². The summed E-state index contributed by atoms with van der Waals surface area (Å²) in [6.07, 6.45) is 0.479. The van der Waals surface area contributed by atoms with Gasteiger partial charge in [0.05, 0.1) is 30.4 Å². The number of hydrogen-bond acceptors (Lipinski definition) is 6. The summed E-state index contributed by atoms with van der Waals surface area (Å²) < 4.78 is 38.7. The van der Waals surface area contributed by atoms with Gasteiger partial charge >= 0.3 is 5.97 Å². The van der Waals surface area contributed by atoms with Gasteiger partial charge in [-0.2, -0.15) is 0 Å². The van der Waals surface area contributed by atoms with Crippen LogP contribution in [0.2, 0.25) is 0 Å². The molecule has 0 radical (unpaired) electrons. The molecule has 0 aliphatic carbocycles. The SMILES string of the molecule is COc1cc(C(=O)NCCc2ccc(C(=O)O)cc2)cc(NS(=O)(=O)c2ccccc2)c1OC. The first kappa shape index (κ1) is 24.6. The average Bonchev–Trinajstić information content (AvgIpc) is 2.84. The fourth-order valence-corrected chi connectivity index (χ4v) is 4.29. The van der Waals surface area contributed by atoms with E-state index in [1.54, 1.807) is 30.3 Å². The summed E-state index contributed by atoms with van der Waals surface area (Å²) in [4.78, 5) is 23.8. The van der Waals surface area contributed by atoms with Crippen molar-refractivity contribution in [1.82, 2.24) is 5.32 Å². The number of sulfonamides is 1. The van der Waals surface area contributed by atoms with Crippen LogP contribution < -0.4 is 19.5 Å². The Balaban J connectivity index is 1.78. The zero-order chi connectivity index (χ0) is 24.7. The molecule has 0 saturated carbocycles. The molecule has 0 fully saturated rings. The fourth-order valence-electron chi connectivity index (χ4n) is 3.21. The Morgan fingerprint density at radius 2 is 1.59 bits per heavy atom. The van der Waals surface area contributed by atoms with Crippen LogP contribution in [0.5, 0.6) is 11.5 Å². The van der Waals surface area contributed by atoms with Crippen molar-refractivity contribution in [2.75, 3.05) is 25.5 Å². The summed E-state index contributed by atoms with van der Waals surface area (Å²) in [5.74, 6) is -1.13. The van der Waals surface area contributed by atoms with Gasteiger partial charge in [0.15, 0.2) is 11.5 Å². The van der Waals surface area contributed by atoms with Crippen LogP contribution >= 0.6 is 0 Å². The monoisotopic (exact) mass is 484 g/mol. The highest BCUT2D eigenvalue weighted by Crippen LogP contribution is 2.37. The molecule has 10 heteroatoms. The van der Waals surface area contributed by atoms with E-state index in [0.717, 1.165) is 5.56 Å². The Morgan fingerprint density at radius 3 is 2.18 bits per heavy atom. The number of hydrogen-bond donors (Lipinski definition) is 3. The molecule has 0 aliphatic heterocycles. The van der Waals surface area contributed by atoms with Crippen molar-refractivity contribution in [2.45, 2.75) is 11.3 Å². The van der Waals surface area contributed by atoms with E-state index in [-0.39, 0.29) is 39.8 Å². The van der Waals surface area contributed by atoms with Gasteiger partial charge in [-0.15, -0.1) is 0 Å². The number of benzene rings is 3. The molecule has 0 atom stereocenters. The molecule has 0 saturated heterocycles. The second kappa shape index (κ2) is 10.7. The lowest BCUT2D eigenvalue weighted by Crippen LogP contribution is -2.26. The first-order valence-electron chi connectivity index (χ1n) is 10.2. The molecule has 0 spiro atoms. The molecule has 3 aromatic rings. The van der Waals surface area contributed by atoms with Gasteiger partial charge in [0.25, 0.3) is 15.9 Å². The first-order valence-corrected chi connectivity index (χ1v) is 11.7. The van der Waals surface area contributed by atoms with E-state index >= 15 is 0 Å². The zero-order valence-corrected chi connectivity index (χ0v) is 19.4. The molecule has 3 rings (SSSR count). The van der Waals surface area contributed by atoms with E-state index in [9.17, 15) is 18.0 Å². The maximum atomic E-state index is 12.8. The number of carbonyl (C=O) groups excluding carboxylic acids is 1. The van der Waals surface area contributed by atoms with Crippen molar-refractivity contribution in [3.05, 3.63) is 83.4 Å². The van der Waals surface area contributed by atoms with E-state index in [0.29, 0.717) is 6.42 Å². The van der Waals surface area contributed by atoms with Crippen molar-refractivity contribution >= 4 is 27.6 Å². The minimum atomic E-state index is -3.94. The molecule has 0 heterocycles. The number of amides is 1. The maximum Gasteiger partial charge on any atom is 0.335 e. The molecule has 9 nitrogen and oxygen atoms in total. The number of ether oxygens (including phenoxy) is 2. The predicted molar refractivity (Wildman–Crippen MR) is 126 cm³/mol. The molecule has 34 heavy (non-hydrogen) atoms. The van der Waals surface area contributed by atoms with Crippen molar-refractivity contribution < 1.29 is 32.6 Å². The van der Waals surface area contributed by atoms with Gasteiger partial charge in [0.2, 0.25) is 0 Å². The number of carboxylic acids is 1. The third kappa shape index (κ3) is 5.84. The van der Waals surface area contributed by atoms with E-state index < -0.39 is 21.9 Å². The Bertz CT molecular complexity index is 1270. The van der Waals surface area contributed by atoms with Crippen molar-refractivity contribution in [1.29, 1.82) is 0 Å². The minimum Gasteiger partial charge on any atom is -0.493 e. The van der Waals surface area contributed by atoms with Gasteiger partial charge in [-0.1, -0.05) is 30.3 Å². The summed E-state index contributed by atoms with van der Waals surface area (Å²) in [7, 11) is -1.18. The van der Waals surface area contributed by atoms with Crippen LogP contribution in [-0.4, -0.2) is 46.2 Å². The van der Waals surface area contributed by atoms with Crippen LogP contribution in [-0.2, 0) is 16.4 Å². The van der Waals surface area contributed by atoms with E-state index in [4.69, 9.17) is 14.6 Å². The first-order chi connectivity index (χ1) is 16.2. The van der Waals surface area contributed by atoms with Gasteiger partial charge in [0, 0.05) is 12.1 Å². The van der Waals surface area contributed by atoms with Crippen molar-refractivity contribution in [3.63, 3.8) is 0 Å². The fraction of sp³-hybridized carbons (Fsp3) is 0.167. The highest BCUT2D eigenvalue weighted by Gasteiger charge is 2.21. The molecule has 0 bridgehead atoms. The molecular formula is C24H24N2O7S. The topological polar surface area (TPSA) is 131 Å². The molecule has 3 N–H and O–H groups in total. The molecular weight excluding hydrogens is 460 g/mol. The number of nitrogens with one attached hydrogen (secondary N) is 2. The lowest BCUT2D eigenvalue weighted by Gasteiger charge is -2.16. The lowest BCUT2D eigenvalue weighted by molar-refractivity contribution is 0.0696. The molecule has 0 aromatic heterocycles. The summed E-state index contributed by atoms with van der Waals surface area (Å²) in [6, 6.07) is 17.0. The third-order valence-corrected chi connectivity index (χ3v) is 6.32. The van der Waals surface area contributed by atoms with Crippen LogP contribution in [0.1, 0.15) is 26.3 Å². The number of methoxy groups -OCH3 is 2. The van der Waals surface area contributed by atoms with Crippen LogP contribution in [0.25, 0.3) is 0 Å². The van der Waals surface area contributed by atoms with Crippen molar-refractivity contribution in [2.24, 2.45) is 0 Å². The standard InChI is InChI=1S/C24H24N2O7S/c1-32-21-15-18(23(27)25-13-12-16-8-10-17(11-9-16)24(28)29)14-20(22(21)33-2)26-34(30,31)19-6-4-3-5-7-19/h3-11,14-15,26H,12-13H2,1-2H3,(H,25,27)(H,28,29). The third-order valence-electron chi connectivity index (χ3n) is 4.94. The normalized spacial score (nSPS) is 10.9. The van der Waals surface area contributed by atoms with Crippen LogP contribution in [0.4, 0.5) is 5.69 Å². The van der Waals surface area contributed by atoms with Gasteiger partial charge in [0.1, 0.15) is 0 Å². The Kier molecular flexibility index (Phi) is 7.75. The molecule has 0 unspecified atom stereocenters. The van der Waals surface area contributed by atoms with Crippen molar-refractivity contribution in [3.8, 4) is 11.5 Å². The number of aromatic carboxylic acids is 1. The van der Waals surface area contributed by atoms with Crippen LogP contribution in [0, 0.1) is 0 Å². The smallest absolute Gasteiger partial charge is 0.335 e. The van der Waals surface area contributed by atoms with Gasteiger partial charge < -0.3 is 19.9 Å². The quantitative estimate of drug-likeness (QED) is 0.403. The highest BCUT2D eigenvalue weighted by atomic mass is 32.2. The van der Waals surface area contributed by atoms with Gasteiger partial charge in [-0.25, -0.2) is 13.2 Å². The predicted octanol–water partition coefficient (Wildman–Crippen LogP) is 3.18. The molecule has 1 amide bonds. The molecule has 178 valence electrons. The van der Waals surface area contributed by atoms with Gasteiger partial charge in [-0.05, 0) is 48.4 Å². The summed E-state index contributed by atoms with van der Waals surface area (Å²) in [5, 5.41) is 11.7. The molecule has 3 aromatic carbocycles. The number of rotatable bonds is 10. The van der Waals surface area contributed by atoms with E-state index in [2.05, 4.69) is 10.0 Å². The summed E-state index contributed by atoms with van der Waals surface area (Å²) in [6.45, 7) is 0.282. The lowest BCUT2D eigenvalue weighted by atomic mass is 10.1. The Labute approximate surface area is 197 Å². The average molecular weight is 485 g/mol. The second-order valence-corrected chi connectivity index (χ2v) is 8.87. The second-order valence-electron chi connectivity index (χ2n) is 7.19. The number of carboxylic acid groups (broad SMARTS) is 1. The largest absolute Gasteiger partial charge is 0.493 e. The Hall–Kier alpha value is -4.05. The number of carbonyl (C=O) groups is 2. The minimum absolute atomic E-state index is 0.0554. The highest BCUT2D eigenvalue weighted by molar-refractivity contribution is 7.92. The summed E-state index contributed by atoms with van der Waals surface area (Å²) >= 11 is 0. The zero-order valence-electron chi connectivity index (χ0n) is 18.6. The van der Waals surface area contributed by atoms with Crippen LogP contribution in [0.15, 0.2) is 71.6 Å². The van der Waals surface area contributed by atoms with E-state index in [1.165, 1.54) is 50.6 Å². The van der Waals surface area contributed by atoms with Gasteiger partial charge in [-0.3, -0.25) is 9.52 Å². The molecule has 0 aliphatic rings.